The third-order valence-electron chi connectivity index (χ3n) is 4.79. The van der Waals surface area contributed by atoms with E-state index in [1.807, 2.05) is 49.7 Å². The van der Waals surface area contributed by atoms with Crippen molar-refractivity contribution in [3.63, 3.8) is 0 Å². The highest BCUT2D eigenvalue weighted by Gasteiger charge is 2.12. The van der Waals surface area contributed by atoms with E-state index < -0.39 is 0 Å². The lowest BCUT2D eigenvalue weighted by atomic mass is 10.1. The Hall–Kier alpha value is -2.80. The van der Waals surface area contributed by atoms with Crippen LogP contribution in [0.25, 0.3) is 0 Å². The van der Waals surface area contributed by atoms with E-state index in [2.05, 4.69) is 33.7 Å². The third kappa shape index (κ3) is 6.10. The van der Waals surface area contributed by atoms with Crippen LogP contribution in [0.15, 0.2) is 47.6 Å². The number of nitrogens with one attached hydrogen (secondary N) is 1. The van der Waals surface area contributed by atoms with E-state index in [1.165, 1.54) is 17.3 Å². The summed E-state index contributed by atoms with van der Waals surface area (Å²) >= 11 is 1.40. The molecule has 1 aromatic heterocycles. The molecule has 0 aliphatic rings. The predicted octanol–water partition coefficient (Wildman–Crippen LogP) is 4.35. The van der Waals surface area contributed by atoms with Gasteiger partial charge in [0.25, 0.3) is 0 Å². The molecule has 0 spiro atoms. The summed E-state index contributed by atoms with van der Waals surface area (Å²) in [6.45, 7) is 4.04. The van der Waals surface area contributed by atoms with Crippen LogP contribution in [0.4, 0.5) is 5.69 Å². The van der Waals surface area contributed by atoms with Crippen molar-refractivity contribution >= 4 is 23.4 Å². The highest BCUT2D eigenvalue weighted by molar-refractivity contribution is 7.99. The number of anilines is 1. The first-order chi connectivity index (χ1) is 14.4. The van der Waals surface area contributed by atoms with Gasteiger partial charge >= 0.3 is 0 Å². The van der Waals surface area contributed by atoms with Gasteiger partial charge in [0.2, 0.25) is 5.91 Å². The zero-order valence-corrected chi connectivity index (χ0v) is 18.8. The van der Waals surface area contributed by atoms with E-state index in [1.54, 1.807) is 7.11 Å². The second kappa shape index (κ2) is 10.3. The van der Waals surface area contributed by atoms with E-state index in [4.69, 9.17) is 4.74 Å². The smallest absolute Gasteiger partial charge is 0.234 e. The summed E-state index contributed by atoms with van der Waals surface area (Å²) in [6, 6.07) is 14.2. The van der Waals surface area contributed by atoms with Gasteiger partial charge in [-0.15, -0.1) is 10.2 Å². The largest absolute Gasteiger partial charge is 0.497 e. The molecule has 0 saturated heterocycles. The maximum absolute atomic E-state index is 12.3. The van der Waals surface area contributed by atoms with Gasteiger partial charge in [0.15, 0.2) is 5.16 Å². The molecule has 2 aromatic carbocycles. The Morgan fingerprint density at radius 3 is 2.43 bits per heavy atom. The van der Waals surface area contributed by atoms with Crippen molar-refractivity contribution in [3.05, 3.63) is 65.0 Å². The molecule has 0 aliphatic heterocycles. The second-order valence-electron chi connectivity index (χ2n) is 7.37. The lowest BCUT2D eigenvalue weighted by molar-refractivity contribution is -0.113. The minimum atomic E-state index is -0.0472. The molecule has 1 N–H and O–H groups in total. The van der Waals surface area contributed by atoms with Gasteiger partial charge in [0, 0.05) is 19.2 Å². The minimum Gasteiger partial charge on any atom is -0.497 e. The van der Waals surface area contributed by atoms with Crippen LogP contribution in [0.3, 0.4) is 0 Å². The van der Waals surface area contributed by atoms with Crippen molar-refractivity contribution in [2.45, 2.75) is 38.3 Å². The van der Waals surface area contributed by atoms with Gasteiger partial charge in [-0.05, 0) is 67.6 Å². The summed E-state index contributed by atoms with van der Waals surface area (Å²) in [4.78, 5) is 12.3. The summed E-state index contributed by atoms with van der Waals surface area (Å²) in [5, 5.41) is 12.3. The Morgan fingerprint density at radius 2 is 1.77 bits per heavy atom. The number of aromatic nitrogens is 3. The van der Waals surface area contributed by atoms with Gasteiger partial charge in [-0.2, -0.15) is 0 Å². The number of carbonyl (C=O) groups is 1. The standard InChI is InChI=1S/C23H28N4O2S/c1-16-12-17(2)14-19(13-16)24-22(28)15-30-23-26-25-21(27(23)3)7-5-6-18-8-10-20(29-4)11-9-18/h8-14H,5-7,15H2,1-4H3,(H,24,28). The number of rotatable bonds is 9. The second-order valence-corrected chi connectivity index (χ2v) is 8.32. The minimum absolute atomic E-state index is 0.0472. The highest BCUT2D eigenvalue weighted by Crippen LogP contribution is 2.19. The lowest BCUT2D eigenvalue weighted by Crippen LogP contribution is -2.14. The van der Waals surface area contributed by atoms with Crippen LogP contribution >= 0.6 is 11.8 Å². The van der Waals surface area contributed by atoms with E-state index >= 15 is 0 Å². The molecular weight excluding hydrogens is 396 g/mol. The number of carbonyl (C=O) groups excluding carboxylic acids is 1. The maximum Gasteiger partial charge on any atom is 0.234 e. The quantitative estimate of drug-likeness (QED) is 0.517. The molecule has 6 nitrogen and oxygen atoms in total. The van der Waals surface area contributed by atoms with Gasteiger partial charge in [0.1, 0.15) is 11.6 Å². The molecule has 3 rings (SSSR count). The Labute approximate surface area is 182 Å². The zero-order valence-electron chi connectivity index (χ0n) is 17.9. The molecule has 0 radical (unpaired) electrons. The average Bonchev–Trinajstić information content (AvgIpc) is 3.06. The SMILES string of the molecule is COc1ccc(CCCc2nnc(SCC(=O)Nc3cc(C)cc(C)c3)n2C)cc1. The Kier molecular flexibility index (Phi) is 7.52. The van der Waals surface area contributed by atoms with Crippen LogP contribution in [-0.4, -0.2) is 33.5 Å². The molecule has 1 heterocycles. The zero-order chi connectivity index (χ0) is 21.5. The molecule has 0 atom stereocenters. The lowest BCUT2D eigenvalue weighted by Gasteiger charge is -2.08. The number of ether oxygens (including phenoxy) is 1. The highest BCUT2D eigenvalue weighted by atomic mass is 32.2. The van der Waals surface area contributed by atoms with Crippen LogP contribution in [-0.2, 0) is 24.7 Å². The van der Waals surface area contributed by atoms with E-state index in [-0.39, 0.29) is 5.91 Å². The fourth-order valence-corrected chi connectivity index (χ4v) is 4.04. The van der Waals surface area contributed by atoms with Crippen LogP contribution in [0.1, 0.15) is 28.9 Å². The molecule has 0 fully saturated rings. The monoisotopic (exact) mass is 424 g/mol. The van der Waals surface area contributed by atoms with Crippen LogP contribution in [0.2, 0.25) is 0 Å². The average molecular weight is 425 g/mol. The van der Waals surface area contributed by atoms with Crippen LogP contribution in [0, 0.1) is 13.8 Å². The van der Waals surface area contributed by atoms with Crippen LogP contribution < -0.4 is 10.1 Å². The van der Waals surface area contributed by atoms with Crippen molar-refractivity contribution in [1.82, 2.24) is 14.8 Å². The Balaban J connectivity index is 1.47. The predicted molar refractivity (Wildman–Crippen MR) is 121 cm³/mol. The first-order valence-electron chi connectivity index (χ1n) is 9.97. The van der Waals surface area contributed by atoms with Gasteiger partial charge in [0.05, 0.1) is 12.9 Å². The Bertz CT molecular complexity index is 979. The third-order valence-corrected chi connectivity index (χ3v) is 5.81. The molecule has 0 aliphatic carbocycles. The molecule has 158 valence electrons. The fraction of sp³-hybridized carbons (Fsp3) is 0.348. The van der Waals surface area contributed by atoms with Crippen molar-refractivity contribution in [3.8, 4) is 5.75 Å². The van der Waals surface area contributed by atoms with Crippen molar-refractivity contribution in [1.29, 1.82) is 0 Å². The normalized spacial score (nSPS) is 10.8. The molecule has 0 saturated carbocycles. The topological polar surface area (TPSA) is 69.0 Å². The molecule has 7 heteroatoms. The van der Waals surface area contributed by atoms with Gasteiger partial charge < -0.3 is 14.6 Å². The van der Waals surface area contributed by atoms with E-state index in [9.17, 15) is 4.79 Å². The fourth-order valence-electron chi connectivity index (χ4n) is 3.31. The van der Waals surface area contributed by atoms with Crippen molar-refractivity contribution < 1.29 is 9.53 Å². The van der Waals surface area contributed by atoms with Crippen molar-refractivity contribution in [2.75, 3.05) is 18.2 Å². The summed E-state index contributed by atoms with van der Waals surface area (Å²) in [7, 11) is 3.62. The molecule has 30 heavy (non-hydrogen) atoms. The number of methoxy groups -OCH3 is 1. The molecule has 0 unspecified atom stereocenters. The number of hydrogen-bond acceptors (Lipinski definition) is 5. The van der Waals surface area contributed by atoms with Crippen molar-refractivity contribution in [2.24, 2.45) is 7.05 Å². The number of thioether (sulfide) groups is 1. The first-order valence-corrected chi connectivity index (χ1v) is 11.0. The van der Waals surface area contributed by atoms with Gasteiger partial charge in [-0.1, -0.05) is 30.0 Å². The van der Waals surface area contributed by atoms with Gasteiger partial charge in [-0.25, -0.2) is 0 Å². The van der Waals surface area contributed by atoms with E-state index in [0.29, 0.717) is 5.75 Å². The molecule has 3 aromatic rings. The summed E-state index contributed by atoms with van der Waals surface area (Å²) in [5.41, 5.74) is 4.36. The molecule has 0 bridgehead atoms. The summed E-state index contributed by atoms with van der Waals surface area (Å²) in [6.07, 6.45) is 2.79. The number of nitrogens with zero attached hydrogens (tertiary/aromatic N) is 3. The Morgan fingerprint density at radius 1 is 1.07 bits per heavy atom. The summed E-state index contributed by atoms with van der Waals surface area (Å²) < 4.78 is 7.17. The number of hydrogen-bond donors (Lipinski definition) is 1. The van der Waals surface area contributed by atoms with E-state index in [0.717, 1.165) is 52.8 Å². The van der Waals surface area contributed by atoms with Gasteiger partial charge in [-0.3, -0.25) is 4.79 Å². The maximum atomic E-state index is 12.3. The number of benzene rings is 2. The number of amides is 1. The molecular formula is C23H28N4O2S. The van der Waals surface area contributed by atoms with Crippen LogP contribution in [0.5, 0.6) is 5.75 Å². The first kappa shape index (κ1) is 21.9. The summed E-state index contributed by atoms with van der Waals surface area (Å²) in [5.74, 6) is 2.05. The number of aryl methyl sites for hydroxylation is 4. The molecule has 1 amide bonds.